The van der Waals surface area contributed by atoms with Crippen LogP contribution >= 0.6 is 7.82 Å². The zero-order valence-corrected chi connectivity index (χ0v) is 35.9. The maximum Gasteiger partial charge on any atom is 0.306 e. The van der Waals surface area contributed by atoms with E-state index < -0.39 is 32.5 Å². The van der Waals surface area contributed by atoms with Crippen LogP contribution in [-0.4, -0.2) is 70.0 Å². The van der Waals surface area contributed by atoms with Crippen LogP contribution in [0.4, 0.5) is 0 Å². The lowest BCUT2D eigenvalue weighted by atomic mass is 10.1. The Hall–Kier alpha value is -1.51. The van der Waals surface area contributed by atoms with Gasteiger partial charge in [-0.05, 0) is 64.2 Å². The van der Waals surface area contributed by atoms with Crippen LogP contribution in [0, 0.1) is 0 Å². The van der Waals surface area contributed by atoms with Crippen LogP contribution in [0.5, 0.6) is 0 Å². The predicted molar refractivity (Wildman–Crippen MR) is 218 cm³/mol. The summed E-state index contributed by atoms with van der Waals surface area (Å²) < 4.78 is 33.8. The van der Waals surface area contributed by atoms with Gasteiger partial charge in [0, 0.05) is 12.8 Å². The lowest BCUT2D eigenvalue weighted by Gasteiger charge is -2.28. The second-order valence-corrected chi connectivity index (χ2v) is 17.1. The fourth-order valence-corrected chi connectivity index (χ4v) is 6.49. The van der Waals surface area contributed by atoms with Crippen LogP contribution in [0.1, 0.15) is 187 Å². The van der Waals surface area contributed by atoms with E-state index in [9.17, 15) is 19.0 Å². The largest absolute Gasteiger partial charge is 0.756 e. The molecule has 53 heavy (non-hydrogen) atoms. The molecule has 0 heterocycles. The van der Waals surface area contributed by atoms with E-state index in [0.29, 0.717) is 17.4 Å². The smallest absolute Gasteiger partial charge is 0.306 e. The molecule has 0 N–H and O–H groups in total. The SMILES string of the molecule is CCCCCCC/C=C/CCCCCCCC(=O)OC[C@H](COP(=O)([O-])OCC[N+](C)(C)C)OC(=O)CCCCCCC/C=C/CCCCCCCC. The molecule has 0 saturated carbocycles. The number of hydrogen-bond acceptors (Lipinski definition) is 8. The maximum atomic E-state index is 12.6. The van der Waals surface area contributed by atoms with Gasteiger partial charge in [0.25, 0.3) is 7.82 Å². The van der Waals surface area contributed by atoms with E-state index in [4.69, 9.17) is 18.5 Å². The fraction of sp³-hybridized carbons (Fsp3) is 0.860. The molecule has 0 aliphatic carbocycles. The van der Waals surface area contributed by atoms with Gasteiger partial charge in [0.2, 0.25) is 0 Å². The van der Waals surface area contributed by atoms with Gasteiger partial charge in [-0.25, -0.2) is 0 Å². The molecule has 2 atom stereocenters. The topological polar surface area (TPSA) is 111 Å². The Bertz CT molecular complexity index is 964. The third-order valence-corrected chi connectivity index (χ3v) is 10.2. The summed E-state index contributed by atoms with van der Waals surface area (Å²) in [7, 11) is 1.16. The molecule has 0 rings (SSSR count). The number of esters is 2. The summed E-state index contributed by atoms with van der Waals surface area (Å²) >= 11 is 0. The van der Waals surface area contributed by atoms with Crippen molar-refractivity contribution in [2.45, 2.75) is 193 Å². The number of phosphoric ester groups is 1. The molecule has 0 bridgehead atoms. The molecule has 0 amide bonds. The van der Waals surface area contributed by atoms with E-state index in [1.165, 1.54) is 83.5 Å². The van der Waals surface area contributed by atoms with Crippen molar-refractivity contribution in [1.29, 1.82) is 0 Å². The molecule has 0 aliphatic rings. The van der Waals surface area contributed by atoms with Crippen LogP contribution in [0.2, 0.25) is 0 Å². The molecule has 10 heteroatoms. The molecule has 312 valence electrons. The molecular formula is C43H82NO8P. The number of nitrogens with zero attached hydrogens (tertiary/aromatic N) is 1. The summed E-state index contributed by atoms with van der Waals surface area (Å²) in [6.07, 6.45) is 37.7. The van der Waals surface area contributed by atoms with Gasteiger partial charge in [0.15, 0.2) is 6.10 Å². The summed E-state index contributed by atoms with van der Waals surface area (Å²) in [4.78, 5) is 37.5. The Balaban J connectivity index is 4.40. The van der Waals surface area contributed by atoms with Crippen molar-refractivity contribution in [1.82, 2.24) is 0 Å². The van der Waals surface area contributed by atoms with Crippen molar-refractivity contribution < 1.29 is 42.1 Å². The lowest BCUT2D eigenvalue weighted by molar-refractivity contribution is -0.870. The fourth-order valence-electron chi connectivity index (χ4n) is 5.76. The maximum absolute atomic E-state index is 12.6. The minimum Gasteiger partial charge on any atom is -0.756 e. The molecular weight excluding hydrogens is 689 g/mol. The first-order valence-corrected chi connectivity index (χ1v) is 23.0. The third kappa shape index (κ3) is 40.0. The second kappa shape index (κ2) is 36.1. The first-order chi connectivity index (χ1) is 25.5. The minimum atomic E-state index is -4.62. The average Bonchev–Trinajstić information content (AvgIpc) is 3.10. The lowest BCUT2D eigenvalue weighted by Crippen LogP contribution is -2.37. The van der Waals surface area contributed by atoms with E-state index in [0.717, 1.165) is 70.6 Å². The Morgan fingerprint density at radius 2 is 0.962 bits per heavy atom. The standard InChI is InChI=1S/C43H82NO8P/c1-6-8-10-12-14-16-18-20-22-24-26-28-30-32-34-36-43(46)52-41(40-51-53(47,48)50-38-37-44(3,4)5)39-49-42(45)35-33-31-29-27-25-23-21-19-17-15-13-11-9-7-2/h19-22,41H,6-18,23-40H2,1-5H3/b21-19+,22-20+/t41-/m1/s1. The average molecular weight is 772 g/mol. The van der Waals surface area contributed by atoms with E-state index in [1.807, 2.05) is 21.1 Å². The number of hydrogen-bond donors (Lipinski definition) is 0. The highest BCUT2D eigenvalue weighted by Gasteiger charge is 2.21. The minimum absolute atomic E-state index is 0.0326. The number of phosphoric acid groups is 1. The summed E-state index contributed by atoms with van der Waals surface area (Å²) in [5.41, 5.74) is 0. The van der Waals surface area contributed by atoms with Crippen molar-refractivity contribution in [2.75, 3.05) is 47.5 Å². The van der Waals surface area contributed by atoms with Crippen molar-refractivity contribution in [3.05, 3.63) is 24.3 Å². The van der Waals surface area contributed by atoms with Crippen LogP contribution < -0.4 is 4.89 Å². The summed E-state index contributed by atoms with van der Waals surface area (Å²) in [6, 6.07) is 0. The first kappa shape index (κ1) is 51.5. The number of carbonyl (C=O) groups is 2. The molecule has 1 unspecified atom stereocenters. The van der Waals surface area contributed by atoms with Crippen LogP contribution in [0.15, 0.2) is 24.3 Å². The number of likely N-dealkylation sites (N-methyl/N-ethyl adjacent to an activating group) is 1. The van der Waals surface area contributed by atoms with Crippen molar-refractivity contribution in [2.24, 2.45) is 0 Å². The predicted octanol–water partition coefficient (Wildman–Crippen LogP) is 11.3. The molecule has 0 spiro atoms. The molecule has 0 aromatic rings. The van der Waals surface area contributed by atoms with E-state index in [-0.39, 0.29) is 26.1 Å². The van der Waals surface area contributed by atoms with E-state index in [1.54, 1.807) is 0 Å². The van der Waals surface area contributed by atoms with E-state index >= 15 is 0 Å². The second-order valence-electron chi connectivity index (χ2n) is 15.7. The van der Waals surface area contributed by atoms with Gasteiger partial charge in [-0.1, -0.05) is 134 Å². The number of allylic oxidation sites excluding steroid dienone is 4. The van der Waals surface area contributed by atoms with Crippen LogP contribution in [0.25, 0.3) is 0 Å². The number of quaternary nitrogens is 1. The van der Waals surface area contributed by atoms with E-state index in [2.05, 4.69) is 38.2 Å². The Kier molecular flexibility index (Phi) is 35.1. The summed E-state index contributed by atoms with van der Waals surface area (Å²) in [5.74, 6) is -0.851. The van der Waals surface area contributed by atoms with Crippen molar-refractivity contribution >= 4 is 19.8 Å². The molecule has 0 aromatic heterocycles. The Morgan fingerprint density at radius 1 is 0.566 bits per heavy atom. The monoisotopic (exact) mass is 772 g/mol. The van der Waals surface area contributed by atoms with Crippen LogP contribution in [-0.2, 0) is 32.7 Å². The highest BCUT2D eigenvalue weighted by atomic mass is 31.2. The van der Waals surface area contributed by atoms with Gasteiger partial charge in [-0.3, -0.25) is 14.2 Å². The highest BCUT2D eigenvalue weighted by Crippen LogP contribution is 2.38. The Morgan fingerprint density at radius 3 is 1.40 bits per heavy atom. The number of rotatable bonds is 39. The van der Waals surface area contributed by atoms with Gasteiger partial charge in [-0.2, -0.15) is 0 Å². The molecule has 0 fully saturated rings. The normalized spacial score (nSPS) is 13.8. The third-order valence-electron chi connectivity index (χ3n) is 9.19. The van der Waals surface area contributed by atoms with Gasteiger partial charge in [-0.15, -0.1) is 0 Å². The highest BCUT2D eigenvalue weighted by molar-refractivity contribution is 7.45. The van der Waals surface area contributed by atoms with Gasteiger partial charge < -0.3 is 27.9 Å². The summed E-state index contributed by atoms with van der Waals surface area (Å²) in [5, 5.41) is 0. The molecule has 0 radical (unpaired) electrons. The number of unbranched alkanes of at least 4 members (excludes halogenated alkanes) is 21. The van der Waals surface area contributed by atoms with Crippen molar-refractivity contribution in [3.8, 4) is 0 Å². The zero-order valence-electron chi connectivity index (χ0n) is 35.0. The zero-order chi connectivity index (χ0) is 39.3. The Labute approximate surface area is 326 Å². The number of carbonyl (C=O) groups excluding carboxylic acids is 2. The van der Waals surface area contributed by atoms with Gasteiger partial charge in [0.05, 0.1) is 27.7 Å². The molecule has 0 aliphatic heterocycles. The molecule has 9 nitrogen and oxygen atoms in total. The van der Waals surface area contributed by atoms with Crippen molar-refractivity contribution in [3.63, 3.8) is 0 Å². The van der Waals surface area contributed by atoms with Gasteiger partial charge >= 0.3 is 11.9 Å². The first-order valence-electron chi connectivity index (χ1n) is 21.5. The summed E-state index contributed by atoms with van der Waals surface area (Å²) in [6.45, 7) is 4.19. The number of ether oxygens (including phenoxy) is 2. The van der Waals surface area contributed by atoms with Gasteiger partial charge in [0.1, 0.15) is 19.8 Å². The quantitative estimate of drug-likeness (QED) is 0.0200. The molecule has 0 aromatic carbocycles. The van der Waals surface area contributed by atoms with Crippen LogP contribution in [0.3, 0.4) is 0 Å². The molecule has 0 saturated heterocycles.